The van der Waals surface area contributed by atoms with Crippen LogP contribution >= 0.6 is 0 Å². The van der Waals surface area contributed by atoms with Gasteiger partial charge in [-0.25, -0.2) is 0 Å². The first-order valence-electron chi connectivity index (χ1n) is 10.3. The van der Waals surface area contributed by atoms with Gasteiger partial charge in [0.2, 0.25) is 5.91 Å². The van der Waals surface area contributed by atoms with Crippen molar-refractivity contribution in [3.8, 4) is 5.75 Å². The van der Waals surface area contributed by atoms with Crippen molar-refractivity contribution in [1.82, 2.24) is 10.2 Å². The third kappa shape index (κ3) is 6.63. The monoisotopic (exact) mass is 396 g/mol. The maximum atomic E-state index is 13.1. The minimum absolute atomic E-state index is 0.102. The molecule has 0 saturated carbocycles. The van der Waals surface area contributed by atoms with Gasteiger partial charge in [0.15, 0.2) is 6.61 Å². The van der Waals surface area contributed by atoms with Crippen LogP contribution in [0.1, 0.15) is 43.4 Å². The quantitative estimate of drug-likeness (QED) is 0.660. The Morgan fingerprint density at radius 3 is 2.45 bits per heavy atom. The second-order valence-corrected chi connectivity index (χ2v) is 7.28. The molecule has 0 saturated heterocycles. The van der Waals surface area contributed by atoms with E-state index in [1.807, 2.05) is 76.2 Å². The zero-order chi connectivity index (χ0) is 21.2. The summed E-state index contributed by atoms with van der Waals surface area (Å²) in [5, 5.41) is 2.92. The molecule has 0 heterocycles. The molecule has 1 atom stereocenters. The Morgan fingerprint density at radius 2 is 1.79 bits per heavy atom. The van der Waals surface area contributed by atoms with Crippen LogP contribution in [0, 0.1) is 13.8 Å². The number of hydrogen-bond acceptors (Lipinski definition) is 3. The van der Waals surface area contributed by atoms with E-state index >= 15 is 0 Å². The van der Waals surface area contributed by atoms with Crippen LogP contribution in [0.4, 0.5) is 0 Å². The predicted octanol–water partition coefficient (Wildman–Crippen LogP) is 4.02. The molecule has 2 aromatic carbocycles. The molecule has 5 nitrogen and oxygen atoms in total. The van der Waals surface area contributed by atoms with Crippen LogP contribution in [0.2, 0.25) is 0 Å². The Balaban J connectivity index is 2.19. The van der Waals surface area contributed by atoms with E-state index in [0.29, 0.717) is 25.3 Å². The number of carbonyl (C=O) groups excluding carboxylic acids is 2. The van der Waals surface area contributed by atoms with Crippen LogP contribution in [-0.4, -0.2) is 35.9 Å². The molecule has 0 bridgehead atoms. The Bertz CT molecular complexity index is 805. The first-order chi connectivity index (χ1) is 14.0. The molecule has 0 spiro atoms. The molecule has 156 valence electrons. The van der Waals surface area contributed by atoms with Gasteiger partial charge in [0.05, 0.1) is 0 Å². The van der Waals surface area contributed by atoms with Crippen molar-refractivity contribution in [2.75, 3.05) is 13.2 Å². The SMILES string of the molecule is CCCNC(=O)[C@H](CC)N(Cc1ccccc1)C(=O)COc1cc(C)ccc1C. The molecule has 0 fully saturated rings. The van der Waals surface area contributed by atoms with E-state index in [1.54, 1.807) is 4.90 Å². The molecule has 0 radical (unpaired) electrons. The lowest BCUT2D eigenvalue weighted by atomic mass is 10.1. The molecule has 0 aliphatic carbocycles. The highest BCUT2D eigenvalue weighted by Crippen LogP contribution is 2.20. The van der Waals surface area contributed by atoms with E-state index in [2.05, 4.69) is 5.32 Å². The van der Waals surface area contributed by atoms with Gasteiger partial charge in [-0.2, -0.15) is 0 Å². The van der Waals surface area contributed by atoms with Crippen molar-refractivity contribution in [3.63, 3.8) is 0 Å². The van der Waals surface area contributed by atoms with Crippen molar-refractivity contribution in [1.29, 1.82) is 0 Å². The zero-order valence-electron chi connectivity index (χ0n) is 17.9. The lowest BCUT2D eigenvalue weighted by Gasteiger charge is -2.30. The van der Waals surface area contributed by atoms with Crippen molar-refractivity contribution in [3.05, 3.63) is 65.2 Å². The van der Waals surface area contributed by atoms with E-state index in [1.165, 1.54) is 0 Å². The third-order valence-corrected chi connectivity index (χ3v) is 4.83. The summed E-state index contributed by atoms with van der Waals surface area (Å²) in [6, 6.07) is 15.1. The molecule has 0 aliphatic heterocycles. The topological polar surface area (TPSA) is 58.6 Å². The Morgan fingerprint density at radius 1 is 1.07 bits per heavy atom. The number of aryl methyl sites for hydroxylation is 2. The van der Waals surface area contributed by atoms with Crippen molar-refractivity contribution in [2.45, 2.75) is 53.1 Å². The van der Waals surface area contributed by atoms with Gasteiger partial charge in [-0.05, 0) is 49.4 Å². The second-order valence-electron chi connectivity index (χ2n) is 7.28. The summed E-state index contributed by atoms with van der Waals surface area (Å²) in [5.41, 5.74) is 3.03. The number of rotatable bonds is 10. The summed E-state index contributed by atoms with van der Waals surface area (Å²) in [7, 11) is 0. The number of hydrogen-bond donors (Lipinski definition) is 1. The standard InChI is InChI=1S/C24H32N2O3/c1-5-14-25-24(28)21(6-2)26(16-20-10-8-7-9-11-20)23(27)17-29-22-15-18(3)12-13-19(22)4/h7-13,15,21H,5-6,14,16-17H2,1-4H3,(H,25,28)/t21-/m0/s1. The fourth-order valence-electron chi connectivity index (χ4n) is 3.15. The summed E-state index contributed by atoms with van der Waals surface area (Å²) in [6.07, 6.45) is 1.39. The lowest BCUT2D eigenvalue weighted by Crippen LogP contribution is -2.50. The molecule has 0 unspecified atom stereocenters. The Hall–Kier alpha value is -2.82. The maximum Gasteiger partial charge on any atom is 0.261 e. The molecule has 2 rings (SSSR count). The number of nitrogens with zero attached hydrogens (tertiary/aromatic N) is 1. The number of ether oxygens (including phenoxy) is 1. The summed E-state index contributed by atoms with van der Waals surface area (Å²) in [4.78, 5) is 27.4. The second kappa shape index (κ2) is 11.2. The summed E-state index contributed by atoms with van der Waals surface area (Å²) in [5.74, 6) is 0.375. The van der Waals surface area contributed by atoms with Crippen molar-refractivity contribution >= 4 is 11.8 Å². The van der Waals surface area contributed by atoms with Gasteiger partial charge in [0.1, 0.15) is 11.8 Å². The van der Waals surface area contributed by atoms with Crippen molar-refractivity contribution in [2.24, 2.45) is 0 Å². The number of benzene rings is 2. The maximum absolute atomic E-state index is 13.1. The lowest BCUT2D eigenvalue weighted by molar-refractivity contribution is -0.143. The minimum atomic E-state index is -0.531. The smallest absolute Gasteiger partial charge is 0.261 e. The van der Waals surface area contributed by atoms with E-state index in [4.69, 9.17) is 4.74 Å². The summed E-state index contributed by atoms with van der Waals surface area (Å²) >= 11 is 0. The highest BCUT2D eigenvalue weighted by Gasteiger charge is 2.28. The Labute approximate surface area is 174 Å². The van der Waals surface area contributed by atoms with Gasteiger partial charge in [-0.1, -0.05) is 56.3 Å². The van der Waals surface area contributed by atoms with Gasteiger partial charge >= 0.3 is 0 Å². The number of carbonyl (C=O) groups is 2. The van der Waals surface area contributed by atoms with Gasteiger partial charge < -0.3 is 15.0 Å². The summed E-state index contributed by atoms with van der Waals surface area (Å²) in [6.45, 7) is 8.73. The fourth-order valence-corrected chi connectivity index (χ4v) is 3.15. The molecule has 1 N–H and O–H groups in total. The molecular weight excluding hydrogens is 364 g/mol. The summed E-state index contributed by atoms with van der Waals surface area (Å²) < 4.78 is 5.83. The number of nitrogens with one attached hydrogen (secondary N) is 1. The minimum Gasteiger partial charge on any atom is -0.483 e. The molecule has 5 heteroatoms. The number of amides is 2. The first kappa shape index (κ1) is 22.5. The largest absolute Gasteiger partial charge is 0.483 e. The van der Waals surface area contributed by atoms with Crippen molar-refractivity contribution < 1.29 is 14.3 Å². The molecule has 0 aliphatic rings. The van der Waals surface area contributed by atoms with E-state index in [-0.39, 0.29) is 18.4 Å². The average molecular weight is 397 g/mol. The Kier molecular flexibility index (Phi) is 8.71. The van der Waals surface area contributed by atoms with Crippen LogP contribution in [-0.2, 0) is 16.1 Å². The zero-order valence-corrected chi connectivity index (χ0v) is 17.9. The average Bonchev–Trinajstić information content (AvgIpc) is 2.73. The van der Waals surface area contributed by atoms with E-state index in [9.17, 15) is 9.59 Å². The van der Waals surface area contributed by atoms with Crippen LogP contribution in [0.3, 0.4) is 0 Å². The van der Waals surface area contributed by atoms with E-state index < -0.39 is 6.04 Å². The highest BCUT2D eigenvalue weighted by molar-refractivity contribution is 5.88. The highest BCUT2D eigenvalue weighted by atomic mass is 16.5. The predicted molar refractivity (Wildman–Crippen MR) is 116 cm³/mol. The molecular formula is C24H32N2O3. The van der Waals surface area contributed by atoms with E-state index in [0.717, 1.165) is 23.1 Å². The fraction of sp³-hybridized carbons (Fsp3) is 0.417. The molecule has 29 heavy (non-hydrogen) atoms. The van der Waals surface area contributed by atoms with Gasteiger partial charge in [-0.3, -0.25) is 9.59 Å². The van der Waals surface area contributed by atoms with Gasteiger partial charge in [-0.15, -0.1) is 0 Å². The van der Waals surface area contributed by atoms with Crippen LogP contribution < -0.4 is 10.1 Å². The first-order valence-corrected chi connectivity index (χ1v) is 10.3. The molecule has 0 aromatic heterocycles. The molecule has 2 amide bonds. The normalized spacial score (nSPS) is 11.6. The molecule has 2 aromatic rings. The van der Waals surface area contributed by atoms with Crippen LogP contribution in [0.25, 0.3) is 0 Å². The van der Waals surface area contributed by atoms with Gasteiger partial charge in [0, 0.05) is 13.1 Å². The van der Waals surface area contributed by atoms with Crippen LogP contribution in [0.15, 0.2) is 48.5 Å². The van der Waals surface area contributed by atoms with Gasteiger partial charge in [0.25, 0.3) is 5.91 Å². The van der Waals surface area contributed by atoms with Crippen LogP contribution in [0.5, 0.6) is 5.75 Å². The third-order valence-electron chi connectivity index (χ3n) is 4.83.